The van der Waals surface area contributed by atoms with Gasteiger partial charge in [-0.05, 0) is 92.8 Å². The summed E-state index contributed by atoms with van der Waals surface area (Å²) >= 11 is 0. The van der Waals surface area contributed by atoms with Gasteiger partial charge in [-0.25, -0.2) is 4.79 Å². The summed E-state index contributed by atoms with van der Waals surface area (Å²) in [6.07, 6.45) is 7.14. The summed E-state index contributed by atoms with van der Waals surface area (Å²) < 4.78 is 6.12. The van der Waals surface area contributed by atoms with Crippen LogP contribution in [-0.2, 0) is 16.1 Å². The maximum absolute atomic E-state index is 13.9. The summed E-state index contributed by atoms with van der Waals surface area (Å²) in [6, 6.07) is 10.3. The van der Waals surface area contributed by atoms with E-state index in [-0.39, 0.29) is 23.3 Å². The highest BCUT2D eigenvalue weighted by atomic mass is 16.5. The Morgan fingerprint density at radius 1 is 1.05 bits per heavy atom. The van der Waals surface area contributed by atoms with Gasteiger partial charge in [-0.2, -0.15) is 0 Å². The predicted molar refractivity (Wildman–Crippen MR) is 168 cm³/mol. The molecule has 2 aromatic rings. The lowest BCUT2D eigenvalue weighted by Gasteiger charge is -2.52. The number of piperazine rings is 1. The number of unbranched alkanes of at least 4 members (excludes halogenated alkanes) is 1. The van der Waals surface area contributed by atoms with E-state index in [1.54, 1.807) is 12.1 Å². The Bertz CT molecular complexity index is 1320. The number of ether oxygens (including phenoxy) is 1. The van der Waals surface area contributed by atoms with Crippen LogP contribution < -0.4 is 10.1 Å². The van der Waals surface area contributed by atoms with Crippen LogP contribution in [-0.4, -0.2) is 75.1 Å². The van der Waals surface area contributed by atoms with Crippen molar-refractivity contribution in [3.05, 3.63) is 58.7 Å². The second-order valence-corrected chi connectivity index (χ2v) is 13.0. The molecule has 1 saturated carbocycles. The van der Waals surface area contributed by atoms with Crippen molar-refractivity contribution in [1.29, 1.82) is 0 Å². The number of carboxylic acid groups (broad SMARTS) is 1. The summed E-state index contributed by atoms with van der Waals surface area (Å²) in [6.45, 7) is 8.40. The first-order chi connectivity index (χ1) is 21.1. The highest BCUT2D eigenvalue weighted by molar-refractivity contribution is 6.00. The predicted octanol–water partition coefficient (Wildman–Crippen LogP) is 5.20. The van der Waals surface area contributed by atoms with Crippen molar-refractivity contribution in [2.75, 3.05) is 19.6 Å². The number of rotatable bonds is 10. The molecule has 2 heterocycles. The molecule has 1 spiro atoms. The van der Waals surface area contributed by atoms with Gasteiger partial charge in [0.1, 0.15) is 23.1 Å². The van der Waals surface area contributed by atoms with Gasteiger partial charge >= 0.3 is 5.97 Å². The third-order valence-corrected chi connectivity index (χ3v) is 9.91. The minimum atomic E-state index is -0.960. The molecule has 1 aliphatic carbocycles. The van der Waals surface area contributed by atoms with Gasteiger partial charge in [0.15, 0.2) is 0 Å². The molecule has 44 heavy (non-hydrogen) atoms. The Morgan fingerprint density at radius 3 is 2.27 bits per heavy atom. The molecule has 0 bridgehead atoms. The fourth-order valence-corrected chi connectivity index (χ4v) is 7.31. The van der Waals surface area contributed by atoms with Gasteiger partial charge < -0.3 is 25.2 Å². The fraction of sp³-hybridized carbons (Fsp3) is 0.571. The first-order valence-electron chi connectivity index (χ1n) is 16.3. The first kappa shape index (κ1) is 32.0. The molecule has 3 aliphatic rings. The quantitative estimate of drug-likeness (QED) is 0.341. The number of aromatic carboxylic acids is 1. The van der Waals surface area contributed by atoms with Gasteiger partial charge in [0.25, 0.3) is 0 Å². The summed E-state index contributed by atoms with van der Waals surface area (Å²) in [7, 11) is 0. The Labute approximate surface area is 260 Å². The van der Waals surface area contributed by atoms with E-state index in [1.165, 1.54) is 0 Å². The van der Waals surface area contributed by atoms with Crippen molar-refractivity contribution >= 4 is 17.8 Å². The van der Waals surface area contributed by atoms with E-state index in [2.05, 4.69) is 17.1 Å². The van der Waals surface area contributed by atoms with Gasteiger partial charge in [-0.3, -0.25) is 14.5 Å². The van der Waals surface area contributed by atoms with Gasteiger partial charge in [0.2, 0.25) is 11.8 Å². The number of hydrogen-bond donors (Lipinski definition) is 3. The molecule has 2 amide bonds. The number of likely N-dealkylation sites (tertiary alicyclic amines) is 1. The molecule has 0 radical (unpaired) electrons. The Kier molecular flexibility index (Phi) is 9.95. The van der Waals surface area contributed by atoms with Crippen LogP contribution in [0.4, 0.5) is 0 Å². The van der Waals surface area contributed by atoms with Gasteiger partial charge in [-0.1, -0.05) is 44.7 Å². The molecule has 5 rings (SSSR count). The van der Waals surface area contributed by atoms with Crippen LogP contribution in [0.3, 0.4) is 0 Å². The van der Waals surface area contributed by atoms with Crippen LogP contribution in [0, 0.1) is 19.8 Å². The summed E-state index contributed by atoms with van der Waals surface area (Å²) in [5.41, 5.74) is 2.02. The zero-order valence-corrected chi connectivity index (χ0v) is 26.3. The van der Waals surface area contributed by atoms with Gasteiger partial charge in [-0.15, -0.1) is 0 Å². The van der Waals surface area contributed by atoms with Crippen molar-refractivity contribution in [2.45, 2.75) is 103 Å². The number of hydrogen-bond acceptors (Lipinski definition) is 6. The number of aliphatic hydroxyl groups excluding tert-OH is 1. The highest BCUT2D eigenvalue weighted by Crippen LogP contribution is 2.37. The lowest BCUT2D eigenvalue weighted by atomic mass is 9.78. The normalized spacial score (nSPS) is 21.7. The molecule has 9 nitrogen and oxygen atoms in total. The molecular weight excluding hydrogens is 558 g/mol. The van der Waals surface area contributed by atoms with E-state index < -0.39 is 23.7 Å². The monoisotopic (exact) mass is 605 g/mol. The summed E-state index contributed by atoms with van der Waals surface area (Å²) in [5.74, 6) is 0.196. The largest absolute Gasteiger partial charge is 0.478 e. The van der Waals surface area contributed by atoms with Crippen LogP contribution in [0.1, 0.15) is 91.8 Å². The molecule has 0 unspecified atom stereocenters. The number of carbonyl (C=O) groups excluding carboxylic acids is 2. The molecule has 0 aromatic heterocycles. The number of aryl methyl sites for hydroxylation is 2. The van der Waals surface area contributed by atoms with E-state index in [9.17, 15) is 24.6 Å². The fourth-order valence-electron chi connectivity index (χ4n) is 7.31. The molecule has 2 atom stereocenters. The van der Waals surface area contributed by atoms with Crippen LogP contribution in [0.15, 0.2) is 36.4 Å². The lowest BCUT2D eigenvalue weighted by molar-refractivity contribution is -0.166. The number of nitrogens with zero attached hydrogens (tertiary/aromatic N) is 2. The van der Waals surface area contributed by atoms with E-state index in [1.807, 2.05) is 43.0 Å². The SMILES string of the molecule is CCCCN1C(=O)[C@@H]([C@H](O)C2CCCCC2)NC(=O)C12CCN(Cc1ccc(Oc3c(C)cc(C(=O)O)cc3C)cc1)CC2. The number of carbonyl (C=O) groups is 3. The number of amides is 2. The maximum Gasteiger partial charge on any atom is 0.335 e. The Hall–Kier alpha value is -3.43. The number of benzene rings is 2. The highest BCUT2D eigenvalue weighted by Gasteiger charge is 2.55. The lowest BCUT2D eigenvalue weighted by Crippen LogP contribution is -2.75. The average molecular weight is 606 g/mol. The van der Waals surface area contributed by atoms with Gasteiger partial charge in [0.05, 0.1) is 11.7 Å². The zero-order valence-electron chi connectivity index (χ0n) is 26.3. The number of piperidine rings is 1. The second kappa shape index (κ2) is 13.7. The standard InChI is InChI=1S/C35H47N3O6/c1-4-5-17-38-32(40)29(30(39)26-9-7-6-8-10-26)36-34(43)35(38)15-18-37(19-16-35)22-25-11-13-28(14-12-25)44-31-23(2)20-27(33(41)42)21-24(31)3/h11-14,20-21,26,29-30,39H,4-10,15-19,22H2,1-3H3,(H,36,43)(H,41,42)/t29-,30-/m1/s1. The number of aliphatic hydroxyl groups is 1. The Balaban J connectivity index is 1.22. The maximum atomic E-state index is 13.9. The van der Waals surface area contributed by atoms with Crippen LogP contribution >= 0.6 is 0 Å². The third-order valence-electron chi connectivity index (χ3n) is 9.91. The minimum Gasteiger partial charge on any atom is -0.478 e. The molecule has 3 fully saturated rings. The van der Waals surface area contributed by atoms with Crippen molar-refractivity contribution in [1.82, 2.24) is 15.1 Å². The molecule has 238 valence electrons. The smallest absolute Gasteiger partial charge is 0.335 e. The van der Waals surface area contributed by atoms with E-state index in [0.717, 1.165) is 68.2 Å². The van der Waals surface area contributed by atoms with Crippen LogP contribution in [0.2, 0.25) is 0 Å². The number of nitrogens with one attached hydrogen (secondary N) is 1. The van der Waals surface area contributed by atoms with Crippen LogP contribution in [0.25, 0.3) is 0 Å². The minimum absolute atomic E-state index is 0.0595. The first-order valence-corrected chi connectivity index (χ1v) is 16.3. The number of carboxylic acids is 1. The van der Waals surface area contributed by atoms with Crippen molar-refractivity contribution < 1.29 is 29.3 Å². The van der Waals surface area contributed by atoms with Gasteiger partial charge in [0, 0.05) is 26.2 Å². The topological polar surface area (TPSA) is 119 Å². The molecule has 2 aliphatic heterocycles. The summed E-state index contributed by atoms with van der Waals surface area (Å²) in [4.78, 5) is 43.1. The third kappa shape index (κ3) is 6.64. The van der Waals surface area contributed by atoms with Crippen LogP contribution in [0.5, 0.6) is 11.5 Å². The van der Waals surface area contributed by atoms with E-state index in [0.29, 0.717) is 44.0 Å². The van der Waals surface area contributed by atoms with Crippen molar-refractivity contribution in [3.63, 3.8) is 0 Å². The second-order valence-electron chi connectivity index (χ2n) is 13.0. The zero-order chi connectivity index (χ0) is 31.4. The van der Waals surface area contributed by atoms with E-state index in [4.69, 9.17) is 4.74 Å². The Morgan fingerprint density at radius 2 is 1.68 bits per heavy atom. The summed E-state index contributed by atoms with van der Waals surface area (Å²) in [5, 5.41) is 23.5. The molecule has 9 heteroatoms. The molecule has 2 aromatic carbocycles. The molecule has 3 N–H and O–H groups in total. The van der Waals surface area contributed by atoms with Crippen molar-refractivity contribution in [2.24, 2.45) is 5.92 Å². The average Bonchev–Trinajstić information content (AvgIpc) is 3.02. The molecular formula is C35H47N3O6. The molecule has 2 saturated heterocycles. The van der Waals surface area contributed by atoms with Crippen molar-refractivity contribution in [3.8, 4) is 11.5 Å². The van der Waals surface area contributed by atoms with E-state index >= 15 is 0 Å².